The molecule has 0 radical (unpaired) electrons. The van der Waals surface area contributed by atoms with E-state index in [0.29, 0.717) is 5.56 Å². The molecule has 0 aliphatic rings. The van der Waals surface area contributed by atoms with Gasteiger partial charge in [-0.25, -0.2) is 4.98 Å². The number of hydrogen-bond donors (Lipinski definition) is 2. The fourth-order valence-electron chi connectivity index (χ4n) is 2.75. The van der Waals surface area contributed by atoms with Crippen molar-refractivity contribution in [3.05, 3.63) is 76.6 Å². The molecule has 10 heteroatoms. The highest BCUT2D eigenvalue weighted by Gasteiger charge is 2.42. The Morgan fingerprint density at radius 1 is 1.13 bits per heavy atom. The lowest BCUT2D eigenvalue weighted by Crippen LogP contribution is -2.31. The van der Waals surface area contributed by atoms with E-state index in [1.807, 2.05) is 0 Å². The van der Waals surface area contributed by atoms with Gasteiger partial charge >= 0.3 is 12.1 Å². The van der Waals surface area contributed by atoms with Crippen LogP contribution >= 0.6 is 11.6 Å². The number of carbonyl (C=O) groups excluding carboxylic acids is 1. The van der Waals surface area contributed by atoms with Crippen LogP contribution < -0.4 is 5.32 Å². The third-order valence-corrected chi connectivity index (χ3v) is 4.29. The first-order valence-electron chi connectivity index (χ1n) is 8.56. The van der Waals surface area contributed by atoms with Crippen molar-refractivity contribution in [1.29, 1.82) is 0 Å². The average molecular weight is 439 g/mol. The van der Waals surface area contributed by atoms with E-state index >= 15 is 0 Å². The van der Waals surface area contributed by atoms with Gasteiger partial charge < -0.3 is 14.8 Å². The van der Waals surface area contributed by atoms with Crippen LogP contribution in [0.5, 0.6) is 0 Å². The van der Waals surface area contributed by atoms with Crippen molar-refractivity contribution in [3.8, 4) is 11.5 Å². The highest BCUT2D eigenvalue weighted by molar-refractivity contribution is 6.30. The van der Waals surface area contributed by atoms with Gasteiger partial charge in [0.15, 0.2) is 5.69 Å². The van der Waals surface area contributed by atoms with E-state index in [0.717, 1.165) is 0 Å². The summed E-state index contributed by atoms with van der Waals surface area (Å²) in [6.45, 7) is 0. The van der Waals surface area contributed by atoms with Gasteiger partial charge in [-0.3, -0.25) is 9.59 Å². The Morgan fingerprint density at radius 2 is 1.83 bits per heavy atom. The third-order valence-electron chi connectivity index (χ3n) is 4.06. The van der Waals surface area contributed by atoms with Crippen LogP contribution in [0.15, 0.2) is 59.0 Å². The van der Waals surface area contributed by atoms with E-state index in [9.17, 15) is 22.8 Å². The van der Waals surface area contributed by atoms with Gasteiger partial charge in [0.2, 0.25) is 11.7 Å². The Balaban J connectivity index is 1.98. The number of nitrogens with one attached hydrogen (secondary N) is 1. The van der Waals surface area contributed by atoms with Crippen molar-refractivity contribution in [2.45, 2.75) is 18.6 Å². The molecular weight excluding hydrogens is 425 g/mol. The predicted molar refractivity (Wildman–Crippen MR) is 101 cm³/mol. The molecule has 2 aromatic carbocycles. The number of rotatable bonds is 6. The number of oxazole rings is 1. The fourth-order valence-corrected chi connectivity index (χ4v) is 2.95. The number of hydrogen-bond acceptors (Lipinski definition) is 4. The molecule has 1 unspecified atom stereocenters. The van der Waals surface area contributed by atoms with Gasteiger partial charge in [-0.1, -0.05) is 41.9 Å². The molecule has 0 aliphatic heterocycles. The summed E-state index contributed by atoms with van der Waals surface area (Å²) in [4.78, 5) is 27.6. The zero-order valence-corrected chi connectivity index (χ0v) is 15.9. The summed E-state index contributed by atoms with van der Waals surface area (Å²) in [5.41, 5.74) is -0.420. The first kappa shape index (κ1) is 21.4. The molecule has 0 saturated carbocycles. The van der Waals surface area contributed by atoms with E-state index in [2.05, 4.69) is 10.3 Å². The van der Waals surface area contributed by atoms with Crippen molar-refractivity contribution in [2.75, 3.05) is 0 Å². The van der Waals surface area contributed by atoms with Gasteiger partial charge in [-0.05, 0) is 29.8 Å². The molecule has 156 valence electrons. The molecule has 0 bridgehead atoms. The monoisotopic (exact) mass is 438 g/mol. The Morgan fingerprint density at radius 3 is 2.43 bits per heavy atom. The molecule has 1 amide bonds. The summed E-state index contributed by atoms with van der Waals surface area (Å²) >= 11 is 5.90. The number of nitrogens with zero attached hydrogens (tertiary/aromatic N) is 1. The van der Waals surface area contributed by atoms with Gasteiger partial charge in [-0.15, -0.1) is 0 Å². The number of benzene rings is 2. The minimum absolute atomic E-state index is 0.249. The van der Waals surface area contributed by atoms with Gasteiger partial charge in [-0.2, -0.15) is 13.2 Å². The number of halogens is 4. The Hall–Kier alpha value is -3.33. The van der Waals surface area contributed by atoms with Crippen molar-refractivity contribution in [2.24, 2.45) is 0 Å². The zero-order valence-electron chi connectivity index (χ0n) is 15.1. The normalized spacial score (nSPS) is 12.4. The van der Waals surface area contributed by atoms with Crippen LogP contribution in [0, 0.1) is 0 Å². The van der Waals surface area contributed by atoms with Crippen LogP contribution in [-0.2, 0) is 11.0 Å². The molecule has 2 N–H and O–H groups in total. The number of amides is 1. The molecule has 0 aliphatic carbocycles. The van der Waals surface area contributed by atoms with Gasteiger partial charge in [0.1, 0.15) is 0 Å². The van der Waals surface area contributed by atoms with Crippen LogP contribution in [0.4, 0.5) is 13.2 Å². The maximum absolute atomic E-state index is 13.4. The van der Waals surface area contributed by atoms with Gasteiger partial charge in [0.25, 0.3) is 5.91 Å². The molecule has 30 heavy (non-hydrogen) atoms. The first-order valence-corrected chi connectivity index (χ1v) is 8.94. The molecule has 1 aromatic heterocycles. The maximum atomic E-state index is 13.4. The molecule has 0 saturated heterocycles. The molecule has 3 rings (SSSR count). The number of aliphatic carboxylic acids is 1. The lowest BCUT2D eigenvalue weighted by molar-refractivity contribution is -0.153. The van der Waals surface area contributed by atoms with Crippen molar-refractivity contribution >= 4 is 23.5 Å². The van der Waals surface area contributed by atoms with E-state index in [4.69, 9.17) is 21.1 Å². The van der Waals surface area contributed by atoms with E-state index < -0.39 is 42.0 Å². The summed E-state index contributed by atoms with van der Waals surface area (Å²) in [6, 6.07) is 12.6. The maximum Gasteiger partial charge on any atom is 0.452 e. The van der Waals surface area contributed by atoms with E-state index in [1.165, 1.54) is 36.4 Å². The van der Waals surface area contributed by atoms with Crippen molar-refractivity contribution in [3.63, 3.8) is 0 Å². The number of aromatic nitrogens is 1. The second kappa shape index (κ2) is 8.58. The van der Waals surface area contributed by atoms with Gasteiger partial charge in [0, 0.05) is 10.6 Å². The quantitative estimate of drug-likeness (QED) is 0.567. The summed E-state index contributed by atoms with van der Waals surface area (Å²) in [6.07, 6.45) is -5.55. The highest BCUT2D eigenvalue weighted by atomic mass is 35.5. The molecular formula is C20H14ClF3N2O4. The second-order valence-corrected chi connectivity index (χ2v) is 6.68. The fraction of sp³-hybridized carbons (Fsp3) is 0.150. The number of carboxylic acids is 1. The molecule has 0 fully saturated rings. The predicted octanol–water partition coefficient (Wildman–Crippen LogP) is 4.96. The third kappa shape index (κ3) is 4.98. The Labute approximate surface area is 173 Å². The van der Waals surface area contributed by atoms with Crippen LogP contribution in [0.3, 0.4) is 0 Å². The van der Waals surface area contributed by atoms with E-state index in [1.54, 1.807) is 18.2 Å². The van der Waals surface area contributed by atoms with Crippen LogP contribution in [-0.4, -0.2) is 22.0 Å². The SMILES string of the molecule is O=C(O)CC(NC(=O)c1nc(-c2ccccc2)oc1C(F)(F)F)c1cccc(Cl)c1. The standard InChI is InChI=1S/C20H14ClF3N2O4/c21-13-8-4-7-12(9-13)14(10-15(27)28)25-18(29)16-17(20(22,23)24)30-19(26-16)11-5-2-1-3-6-11/h1-9,14H,10H2,(H,25,29)(H,27,28). The zero-order chi connectivity index (χ0) is 21.9. The summed E-state index contributed by atoms with van der Waals surface area (Å²) in [5.74, 6) is -4.44. The summed E-state index contributed by atoms with van der Waals surface area (Å²) in [7, 11) is 0. The lowest BCUT2D eigenvalue weighted by atomic mass is 10.0. The molecule has 6 nitrogen and oxygen atoms in total. The van der Waals surface area contributed by atoms with Crippen LogP contribution in [0.2, 0.25) is 5.02 Å². The molecule has 1 heterocycles. The number of carboxylic acid groups (broad SMARTS) is 1. The average Bonchev–Trinajstić information content (AvgIpc) is 3.14. The first-order chi connectivity index (χ1) is 14.1. The van der Waals surface area contributed by atoms with Crippen LogP contribution in [0.25, 0.3) is 11.5 Å². The molecule has 3 aromatic rings. The largest absolute Gasteiger partial charge is 0.481 e. The number of carbonyl (C=O) groups is 2. The number of alkyl halides is 3. The van der Waals surface area contributed by atoms with E-state index in [-0.39, 0.29) is 16.5 Å². The molecule has 1 atom stereocenters. The topological polar surface area (TPSA) is 92.4 Å². The Bertz CT molecular complexity index is 1070. The van der Waals surface area contributed by atoms with Crippen molar-refractivity contribution < 1.29 is 32.3 Å². The minimum atomic E-state index is -4.98. The van der Waals surface area contributed by atoms with Crippen molar-refractivity contribution in [1.82, 2.24) is 10.3 Å². The molecule has 0 spiro atoms. The lowest BCUT2D eigenvalue weighted by Gasteiger charge is -2.17. The summed E-state index contributed by atoms with van der Waals surface area (Å²) in [5, 5.41) is 11.7. The minimum Gasteiger partial charge on any atom is -0.481 e. The smallest absolute Gasteiger partial charge is 0.452 e. The van der Waals surface area contributed by atoms with Gasteiger partial charge in [0.05, 0.1) is 12.5 Å². The Kier molecular flexibility index (Phi) is 6.12. The second-order valence-electron chi connectivity index (χ2n) is 6.24. The summed E-state index contributed by atoms with van der Waals surface area (Å²) < 4.78 is 45.1. The van der Waals surface area contributed by atoms with Crippen LogP contribution in [0.1, 0.15) is 34.3 Å². The highest BCUT2D eigenvalue weighted by Crippen LogP contribution is 2.35.